The Hall–Kier alpha value is -0.680. The van der Waals surface area contributed by atoms with Gasteiger partial charge in [0, 0.05) is 10.8 Å². The number of aliphatic hydroxyl groups excluding tert-OH is 2. The second kappa shape index (κ2) is 4.25. The molecule has 3 atom stereocenters. The molecule has 2 N–H and O–H groups in total. The molecule has 0 amide bonds. The van der Waals surface area contributed by atoms with E-state index in [2.05, 4.69) is 0 Å². The molecule has 0 heterocycles. The lowest BCUT2D eigenvalue weighted by atomic mass is 10.00. The summed E-state index contributed by atoms with van der Waals surface area (Å²) >= 11 is 0. The van der Waals surface area contributed by atoms with E-state index >= 15 is 0 Å². The van der Waals surface area contributed by atoms with Gasteiger partial charge in [0.15, 0.2) is 0 Å². The van der Waals surface area contributed by atoms with Gasteiger partial charge in [0.25, 0.3) is 0 Å². The van der Waals surface area contributed by atoms with E-state index < -0.39 is 29.6 Å². The fourth-order valence-electron chi connectivity index (χ4n) is 0.640. The van der Waals surface area contributed by atoms with Gasteiger partial charge in [0.05, 0.1) is 6.10 Å². The van der Waals surface area contributed by atoms with Crippen molar-refractivity contribution >= 4 is 0 Å². The highest BCUT2D eigenvalue weighted by Crippen LogP contribution is 2.07. The second-order valence-corrected chi connectivity index (χ2v) is 2.68. The average Bonchev–Trinajstić information content (AvgIpc) is 1.84. The second-order valence-electron chi connectivity index (χ2n) is 2.68. The van der Waals surface area contributed by atoms with Gasteiger partial charge in [-0.05, 0) is 6.92 Å². The van der Waals surface area contributed by atoms with Crippen LogP contribution in [0, 0.1) is 16.0 Å². The van der Waals surface area contributed by atoms with Gasteiger partial charge >= 0.3 is 0 Å². The highest BCUT2D eigenvalue weighted by Gasteiger charge is 2.23. The molecule has 0 fully saturated rings. The van der Waals surface area contributed by atoms with Crippen LogP contribution in [0.25, 0.3) is 0 Å². The Balaban J connectivity index is 3.82. The van der Waals surface area contributed by atoms with Gasteiger partial charge < -0.3 is 10.2 Å². The molecule has 66 valence electrons. The molecule has 0 aromatic carbocycles. The number of rotatable bonds is 4. The van der Waals surface area contributed by atoms with Crippen molar-refractivity contribution in [3.8, 4) is 0 Å². The molecule has 0 aliphatic carbocycles. The molecule has 5 nitrogen and oxygen atoms in total. The first-order valence-corrected chi connectivity index (χ1v) is 3.43. The van der Waals surface area contributed by atoms with Crippen LogP contribution in [0.1, 0.15) is 13.8 Å². The quantitative estimate of drug-likeness (QED) is 0.438. The van der Waals surface area contributed by atoms with Crippen molar-refractivity contribution in [2.45, 2.75) is 26.1 Å². The Morgan fingerprint density at radius 3 is 2.18 bits per heavy atom. The molecule has 5 heteroatoms. The minimum Gasteiger partial charge on any atom is -0.393 e. The van der Waals surface area contributed by atoms with E-state index in [0.29, 0.717) is 0 Å². The highest BCUT2D eigenvalue weighted by molar-refractivity contribution is 4.67. The van der Waals surface area contributed by atoms with Crippen LogP contribution in [0.4, 0.5) is 0 Å². The molecule has 3 unspecified atom stereocenters. The molecule has 0 aliphatic rings. The molecule has 0 radical (unpaired) electrons. The van der Waals surface area contributed by atoms with Gasteiger partial charge in [-0.25, -0.2) is 0 Å². The first-order chi connectivity index (χ1) is 4.95. The molecule has 11 heavy (non-hydrogen) atoms. The zero-order chi connectivity index (χ0) is 9.02. The van der Waals surface area contributed by atoms with Gasteiger partial charge in [-0.15, -0.1) is 0 Å². The van der Waals surface area contributed by atoms with Crippen molar-refractivity contribution < 1.29 is 15.1 Å². The van der Waals surface area contributed by atoms with Crippen molar-refractivity contribution in [3.05, 3.63) is 10.1 Å². The fraction of sp³-hybridized carbons (Fsp3) is 1.00. The van der Waals surface area contributed by atoms with Crippen molar-refractivity contribution in [2.75, 3.05) is 6.54 Å². The largest absolute Gasteiger partial charge is 0.393 e. The van der Waals surface area contributed by atoms with E-state index in [1.165, 1.54) is 6.92 Å². The molecule has 0 spiro atoms. The summed E-state index contributed by atoms with van der Waals surface area (Å²) in [6.45, 7) is 2.55. The molecular formula is C6H13NO4. The van der Waals surface area contributed by atoms with E-state index in [0.717, 1.165) is 0 Å². The van der Waals surface area contributed by atoms with Crippen LogP contribution in [-0.4, -0.2) is 33.9 Å². The maximum Gasteiger partial charge on any atom is 0.229 e. The lowest BCUT2D eigenvalue weighted by Crippen LogP contribution is -2.32. The predicted octanol–water partition coefficient (Wildman–Crippen LogP) is -0.359. The Kier molecular flexibility index (Phi) is 3.99. The molecular weight excluding hydrogens is 150 g/mol. The summed E-state index contributed by atoms with van der Waals surface area (Å²) in [5.41, 5.74) is 0. The predicted molar refractivity (Wildman–Crippen MR) is 38.7 cm³/mol. The maximum atomic E-state index is 9.90. The smallest absolute Gasteiger partial charge is 0.229 e. The summed E-state index contributed by atoms with van der Waals surface area (Å²) in [5, 5.41) is 27.9. The highest BCUT2D eigenvalue weighted by atomic mass is 16.6. The maximum absolute atomic E-state index is 9.90. The van der Waals surface area contributed by atoms with Gasteiger partial charge in [0.1, 0.15) is 6.10 Å². The van der Waals surface area contributed by atoms with Crippen LogP contribution in [0.2, 0.25) is 0 Å². The summed E-state index contributed by atoms with van der Waals surface area (Å²) in [6.07, 6.45) is -1.78. The third-order valence-corrected chi connectivity index (χ3v) is 1.70. The number of aliphatic hydroxyl groups is 2. The third kappa shape index (κ3) is 3.90. The van der Waals surface area contributed by atoms with Crippen molar-refractivity contribution in [2.24, 2.45) is 5.92 Å². The molecule has 0 saturated carbocycles. The fourth-order valence-corrected chi connectivity index (χ4v) is 0.640. The lowest BCUT2D eigenvalue weighted by Gasteiger charge is -2.17. The number of hydrogen-bond acceptors (Lipinski definition) is 4. The normalized spacial score (nSPS) is 18.9. The zero-order valence-corrected chi connectivity index (χ0v) is 6.60. The van der Waals surface area contributed by atoms with Gasteiger partial charge in [0.2, 0.25) is 6.54 Å². The number of hydrogen-bond donors (Lipinski definition) is 2. The first-order valence-electron chi connectivity index (χ1n) is 3.43. The van der Waals surface area contributed by atoms with E-state index in [1.807, 2.05) is 0 Å². The van der Waals surface area contributed by atoms with Gasteiger partial charge in [-0.3, -0.25) is 10.1 Å². The van der Waals surface area contributed by atoms with Crippen LogP contribution >= 0.6 is 0 Å². The summed E-state index contributed by atoms with van der Waals surface area (Å²) in [5.74, 6) is -0.458. The Morgan fingerprint density at radius 2 is 1.91 bits per heavy atom. The Labute approximate surface area is 64.8 Å². The van der Waals surface area contributed by atoms with E-state index in [4.69, 9.17) is 10.2 Å². The van der Waals surface area contributed by atoms with E-state index in [-0.39, 0.29) is 0 Å². The molecule has 0 saturated heterocycles. The monoisotopic (exact) mass is 163 g/mol. The number of nitro groups is 1. The summed E-state index contributed by atoms with van der Waals surface area (Å²) in [4.78, 5) is 9.31. The van der Waals surface area contributed by atoms with E-state index in [9.17, 15) is 10.1 Å². The Morgan fingerprint density at radius 1 is 1.45 bits per heavy atom. The summed E-state index contributed by atoms with van der Waals surface area (Å²) in [7, 11) is 0. The van der Waals surface area contributed by atoms with Crippen LogP contribution in [0.15, 0.2) is 0 Å². The molecule has 0 aromatic heterocycles. The standard InChI is InChI=1S/C6H13NO4/c1-4(5(2)8)6(9)3-7(10)11/h4-6,8-9H,3H2,1-2H3. The van der Waals surface area contributed by atoms with Crippen LogP contribution in [0.3, 0.4) is 0 Å². The third-order valence-electron chi connectivity index (χ3n) is 1.70. The Bertz CT molecular complexity index is 137. The van der Waals surface area contributed by atoms with Crippen molar-refractivity contribution in [1.82, 2.24) is 0 Å². The van der Waals surface area contributed by atoms with Crippen LogP contribution in [-0.2, 0) is 0 Å². The minimum absolute atomic E-state index is 0.458. The molecule has 0 bridgehead atoms. The molecule has 0 rings (SSSR count). The lowest BCUT2D eigenvalue weighted by molar-refractivity contribution is -0.492. The van der Waals surface area contributed by atoms with Crippen molar-refractivity contribution in [1.29, 1.82) is 0 Å². The van der Waals surface area contributed by atoms with Gasteiger partial charge in [-0.2, -0.15) is 0 Å². The minimum atomic E-state index is -1.06. The topological polar surface area (TPSA) is 83.6 Å². The van der Waals surface area contributed by atoms with Crippen LogP contribution < -0.4 is 0 Å². The van der Waals surface area contributed by atoms with E-state index in [1.54, 1.807) is 6.92 Å². The molecule has 0 aliphatic heterocycles. The zero-order valence-electron chi connectivity index (χ0n) is 6.60. The number of nitrogens with zero attached hydrogens (tertiary/aromatic N) is 1. The summed E-state index contributed by atoms with van der Waals surface area (Å²) in [6, 6.07) is 0. The van der Waals surface area contributed by atoms with Crippen molar-refractivity contribution in [3.63, 3.8) is 0 Å². The molecule has 0 aromatic rings. The van der Waals surface area contributed by atoms with Crippen LogP contribution in [0.5, 0.6) is 0 Å². The summed E-state index contributed by atoms with van der Waals surface area (Å²) < 4.78 is 0. The van der Waals surface area contributed by atoms with Gasteiger partial charge in [-0.1, -0.05) is 6.92 Å². The first kappa shape index (κ1) is 10.3. The average molecular weight is 163 g/mol. The SMILES string of the molecule is CC(O)C(C)C(O)C[N+](=O)[O-].